The van der Waals surface area contributed by atoms with Gasteiger partial charge in [-0.2, -0.15) is 0 Å². The van der Waals surface area contributed by atoms with Gasteiger partial charge in [0.05, 0.1) is 0 Å². The van der Waals surface area contributed by atoms with Gasteiger partial charge in [-0.15, -0.1) is 0 Å². The van der Waals surface area contributed by atoms with Crippen molar-refractivity contribution in [1.29, 1.82) is 0 Å². The first-order chi connectivity index (χ1) is 6.81. The van der Waals surface area contributed by atoms with Crippen molar-refractivity contribution in [2.24, 2.45) is 0 Å². The predicted octanol–water partition coefficient (Wildman–Crippen LogP) is 4.01. The number of rotatable bonds is 9. The van der Waals surface area contributed by atoms with Gasteiger partial charge in [-0.3, -0.25) is 4.79 Å². The molecule has 0 saturated carbocycles. The lowest BCUT2D eigenvalue weighted by Crippen LogP contribution is -2.01. The van der Waals surface area contributed by atoms with Gasteiger partial charge in [0, 0.05) is 11.8 Å². The minimum absolute atomic E-state index is 0.0951. The SMILES string of the molecule is O=C(CCCCCCCCBr)OCBr. The van der Waals surface area contributed by atoms with Crippen molar-refractivity contribution < 1.29 is 9.53 Å². The van der Waals surface area contributed by atoms with Crippen molar-refractivity contribution in [3.8, 4) is 0 Å². The third-order valence-corrected chi connectivity index (χ3v) is 2.77. The van der Waals surface area contributed by atoms with Crippen LogP contribution in [0, 0.1) is 0 Å². The Labute approximate surface area is 103 Å². The topological polar surface area (TPSA) is 26.3 Å². The molecule has 2 nitrogen and oxygen atoms in total. The summed E-state index contributed by atoms with van der Waals surface area (Å²) in [5.41, 5.74) is 0.317. The average Bonchev–Trinajstić information content (AvgIpc) is 2.17. The molecule has 0 rings (SSSR count). The fourth-order valence-electron chi connectivity index (χ4n) is 1.20. The molecule has 0 aliphatic rings. The Kier molecular flexibility index (Phi) is 11.9. The van der Waals surface area contributed by atoms with Gasteiger partial charge in [-0.1, -0.05) is 41.6 Å². The van der Waals surface area contributed by atoms with Crippen molar-refractivity contribution >= 4 is 37.8 Å². The standard InChI is InChI=1S/C10H18Br2O2/c11-8-6-4-2-1-3-5-7-10(13)14-9-12/h1-9H2. The highest BCUT2D eigenvalue weighted by Gasteiger charge is 2.00. The number of esters is 1. The molecule has 0 aromatic carbocycles. The third-order valence-electron chi connectivity index (χ3n) is 1.98. The molecular weight excluding hydrogens is 312 g/mol. The first-order valence-electron chi connectivity index (χ1n) is 5.08. The van der Waals surface area contributed by atoms with Gasteiger partial charge in [-0.25, -0.2) is 0 Å². The van der Waals surface area contributed by atoms with Gasteiger partial charge in [-0.05, 0) is 28.8 Å². The predicted molar refractivity (Wildman–Crippen MR) is 66.0 cm³/mol. The summed E-state index contributed by atoms with van der Waals surface area (Å²) >= 11 is 6.46. The Balaban J connectivity index is 3.01. The van der Waals surface area contributed by atoms with Crippen molar-refractivity contribution in [3.05, 3.63) is 0 Å². The van der Waals surface area contributed by atoms with Gasteiger partial charge in [0.2, 0.25) is 0 Å². The van der Waals surface area contributed by atoms with Crippen LogP contribution in [0.3, 0.4) is 0 Å². The molecule has 0 N–H and O–H groups in total. The highest BCUT2D eigenvalue weighted by molar-refractivity contribution is 9.09. The van der Waals surface area contributed by atoms with E-state index < -0.39 is 0 Å². The van der Waals surface area contributed by atoms with Gasteiger partial charge in [0.25, 0.3) is 0 Å². The lowest BCUT2D eigenvalue weighted by molar-refractivity contribution is -0.141. The number of hydrogen-bond donors (Lipinski definition) is 0. The molecule has 0 atom stereocenters. The molecule has 0 aromatic heterocycles. The van der Waals surface area contributed by atoms with Gasteiger partial charge in [0.1, 0.15) is 5.52 Å². The maximum atomic E-state index is 10.9. The van der Waals surface area contributed by atoms with Crippen LogP contribution >= 0.6 is 31.9 Å². The molecular formula is C10H18Br2O2. The van der Waals surface area contributed by atoms with Gasteiger partial charge >= 0.3 is 5.97 Å². The molecule has 0 aromatic rings. The summed E-state index contributed by atoms with van der Waals surface area (Å²) in [6.45, 7) is 0. The van der Waals surface area contributed by atoms with Crippen LogP contribution in [-0.4, -0.2) is 16.8 Å². The van der Waals surface area contributed by atoms with Crippen LogP contribution in [0.2, 0.25) is 0 Å². The molecule has 0 aliphatic heterocycles. The van der Waals surface area contributed by atoms with Crippen LogP contribution in [-0.2, 0) is 9.53 Å². The monoisotopic (exact) mass is 328 g/mol. The number of ether oxygens (including phenoxy) is 1. The van der Waals surface area contributed by atoms with Crippen LogP contribution in [0.4, 0.5) is 0 Å². The molecule has 0 bridgehead atoms. The number of alkyl halides is 2. The Morgan fingerprint density at radius 2 is 1.50 bits per heavy atom. The fourth-order valence-corrected chi connectivity index (χ4v) is 1.86. The van der Waals surface area contributed by atoms with E-state index in [4.69, 9.17) is 4.74 Å². The second kappa shape index (κ2) is 11.5. The van der Waals surface area contributed by atoms with E-state index in [0.29, 0.717) is 11.9 Å². The Hall–Kier alpha value is 0.430. The summed E-state index contributed by atoms with van der Waals surface area (Å²) in [4.78, 5) is 10.9. The molecule has 0 fully saturated rings. The lowest BCUT2D eigenvalue weighted by Gasteiger charge is -2.01. The zero-order valence-electron chi connectivity index (χ0n) is 8.44. The zero-order valence-corrected chi connectivity index (χ0v) is 11.6. The highest BCUT2D eigenvalue weighted by Crippen LogP contribution is 2.08. The van der Waals surface area contributed by atoms with E-state index in [-0.39, 0.29) is 5.97 Å². The molecule has 4 heteroatoms. The second-order valence-corrected chi connectivity index (χ2v) is 4.44. The smallest absolute Gasteiger partial charge is 0.306 e. The van der Waals surface area contributed by atoms with Gasteiger partial charge in [0.15, 0.2) is 0 Å². The van der Waals surface area contributed by atoms with E-state index in [1.807, 2.05) is 0 Å². The number of unbranched alkanes of at least 4 members (excludes halogenated alkanes) is 5. The van der Waals surface area contributed by atoms with E-state index in [1.54, 1.807) is 0 Å². The Bertz CT molecular complexity index is 140. The minimum atomic E-state index is -0.0951. The first kappa shape index (κ1) is 14.4. The summed E-state index contributed by atoms with van der Waals surface area (Å²) < 4.78 is 4.76. The van der Waals surface area contributed by atoms with Crippen LogP contribution in [0.1, 0.15) is 44.9 Å². The minimum Gasteiger partial charge on any atom is -0.454 e. The Morgan fingerprint density at radius 1 is 0.929 bits per heavy atom. The van der Waals surface area contributed by atoms with Crippen LogP contribution < -0.4 is 0 Å². The van der Waals surface area contributed by atoms with E-state index in [2.05, 4.69) is 31.9 Å². The summed E-state index contributed by atoms with van der Waals surface area (Å²) in [6.07, 6.45) is 7.71. The lowest BCUT2D eigenvalue weighted by atomic mass is 10.1. The summed E-state index contributed by atoms with van der Waals surface area (Å²) in [5, 5.41) is 1.10. The second-order valence-electron chi connectivity index (χ2n) is 3.19. The normalized spacial score (nSPS) is 10.1. The van der Waals surface area contributed by atoms with Crippen molar-refractivity contribution in [2.45, 2.75) is 44.9 Å². The number of carbonyl (C=O) groups is 1. The molecule has 0 radical (unpaired) electrons. The van der Waals surface area contributed by atoms with E-state index >= 15 is 0 Å². The van der Waals surface area contributed by atoms with E-state index in [0.717, 1.165) is 18.2 Å². The fraction of sp³-hybridized carbons (Fsp3) is 0.900. The molecule has 0 unspecified atom stereocenters. The molecule has 0 saturated heterocycles. The van der Waals surface area contributed by atoms with Crippen molar-refractivity contribution in [3.63, 3.8) is 0 Å². The summed E-state index contributed by atoms with van der Waals surface area (Å²) in [6, 6.07) is 0. The molecule has 14 heavy (non-hydrogen) atoms. The quantitative estimate of drug-likeness (QED) is 0.363. The Morgan fingerprint density at radius 3 is 2.07 bits per heavy atom. The first-order valence-corrected chi connectivity index (χ1v) is 7.33. The van der Waals surface area contributed by atoms with Crippen molar-refractivity contribution in [1.82, 2.24) is 0 Å². The van der Waals surface area contributed by atoms with Crippen molar-refractivity contribution in [2.75, 3.05) is 10.8 Å². The number of hydrogen-bond acceptors (Lipinski definition) is 2. The van der Waals surface area contributed by atoms with Crippen LogP contribution in [0.25, 0.3) is 0 Å². The van der Waals surface area contributed by atoms with E-state index in [1.165, 1.54) is 25.7 Å². The molecule has 0 aliphatic carbocycles. The average molecular weight is 330 g/mol. The van der Waals surface area contributed by atoms with E-state index in [9.17, 15) is 4.79 Å². The molecule has 0 spiro atoms. The summed E-state index contributed by atoms with van der Waals surface area (Å²) in [7, 11) is 0. The zero-order chi connectivity index (χ0) is 10.6. The third kappa shape index (κ3) is 10.5. The largest absolute Gasteiger partial charge is 0.454 e. The maximum Gasteiger partial charge on any atom is 0.306 e. The summed E-state index contributed by atoms with van der Waals surface area (Å²) in [5.74, 6) is -0.0951. The molecule has 84 valence electrons. The highest BCUT2D eigenvalue weighted by atomic mass is 79.9. The molecule has 0 heterocycles. The maximum absolute atomic E-state index is 10.9. The van der Waals surface area contributed by atoms with Crippen LogP contribution in [0.15, 0.2) is 0 Å². The number of halogens is 2. The number of carbonyl (C=O) groups excluding carboxylic acids is 1. The van der Waals surface area contributed by atoms with Crippen LogP contribution in [0.5, 0.6) is 0 Å². The molecule has 0 amide bonds. The van der Waals surface area contributed by atoms with Gasteiger partial charge < -0.3 is 4.74 Å².